The first-order valence-electron chi connectivity index (χ1n) is 9.72. The Morgan fingerprint density at radius 3 is 2.21 bits per heavy atom. The summed E-state index contributed by atoms with van der Waals surface area (Å²) in [5.74, 6) is 1.21. The summed E-state index contributed by atoms with van der Waals surface area (Å²) in [6, 6.07) is 20.7. The molecule has 0 aliphatic carbocycles. The molecule has 0 aliphatic rings. The van der Waals surface area contributed by atoms with E-state index in [1.54, 1.807) is 0 Å². The molecule has 0 aliphatic heterocycles. The zero-order chi connectivity index (χ0) is 20.1. The Kier molecular flexibility index (Phi) is 6.10. The van der Waals surface area contributed by atoms with Crippen molar-refractivity contribution in [2.45, 2.75) is 52.7 Å². The van der Waals surface area contributed by atoms with Crippen LogP contribution in [0.1, 0.15) is 63.6 Å². The lowest BCUT2D eigenvalue weighted by atomic mass is 10.0. The third-order valence-corrected chi connectivity index (χ3v) is 4.84. The van der Waals surface area contributed by atoms with E-state index in [4.69, 9.17) is 4.42 Å². The van der Waals surface area contributed by atoms with Gasteiger partial charge < -0.3 is 4.42 Å². The third kappa shape index (κ3) is 4.96. The van der Waals surface area contributed by atoms with Gasteiger partial charge in [0, 0.05) is 17.7 Å². The molecule has 3 rings (SSSR count). The van der Waals surface area contributed by atoms with Crippen molar-refractivity contribution in [3.63, 3.8) is 0 Å². The van der Waals surface area contributed by atoms with Crippen LogP contribution in [0.4, 0.5) is 0 Å². The highest BCUT2D eigenvalue weighted by Gasteiger charge is 2.30. The second-order valence-electron chi connectivity index (χ2n) is 8.14. The molecular formula is C24H29N3O. The van der Waals surface area contributed by atoms with Crippen molar-refractivity contribution < 1.29 is 4.42 Å². The third-order valence-electron chi connectivity index (χ3n) is 4.84. The van der Waals surface area contributed by atoms with Gasteiger partial charge in [-0.1, -0.05) is 60.7 Å². The summed E-state index contributed by atoms with van der Waals surface area (Å²) in [5.41, 5.74) is 3.30. The molecule has 2 aromatic carbocycles. The average Bonchev–Trinajstić information content (AvgIpc) is 3.17. The van der Waals surface area contributed by atoms with Gasteiger partial charge in [-0.2, -0.15) is 0 Å². The van der Waals surface area contributed by atoms with Gasteiger partial charge in [-0.15, -0.1) is 10.2 Å². The van der Waals surface area contributed by atoms with Gasteiger partial charge in [0.1, 0.15) is 0 Å². The fourth-order valence-corrected chi connectivity index (χ4v) is 3.29. The highest BCUT2D eigenvalue weighted by molar-refractivity contribution is 5.76. The Morgan fingerprint density at radius 1 is 1.00 bits per heavy atom. The molecule has 3 aromatic rings. The van der Waals surface area contributed by atoms with Crippen LogP contribution >= 0.6 is 0 Å². The van der Waals surface area contributed by atoms with Crippen LogP contribution in [-0.4, -0.2) is 20.6 Å². The molecule has 0 saturated heterocycles. The normalized spacial score (nSPS) is 13.7. The molecule has 146 valence electrons. The Balaban J connectivity index is 1.82. The number of aromatic nitrogens is 2. The molecule has 28 heavy (non-hydrogen) atoms. The summed E-state index contributed by atoms with van der Waals surface area (Å²) in [4.78, 5) is 2.38. The second-order valence-corrected chi connectivity index (χ2v) is 8.14. The van der Waals surface area contributed by atoms with Crippen molar-refractivity contribution in [2.24, 2.45) is 0 Å². The van der Waals surface area contributed by atoms with Gasteiger partial charge in [0.05, 0.1) is 6.04 Å². The van der Waals surface area contributed by atoms with E-state index in [0.717, 1.165) is 17.7 Å². The Bertz CT molecular complexity index is 908. The maximum Gasteiger partial charge on any atom is 0.243 e. The van der Waals surface area contributed by atoms with Gasteiger partial charge in [0.25, 0.3) is 0 Å². The van der Waals surface area contributed by atoms with Crippen LogP contribution in [-0.2, 0) is 6.54 Å². The van der Waals surface area contributed by atoms with E-state index in [2.05, 4.69) is 85.3 Å². The zero-order valence-electron chi connectivity index (χ0n) is 17.4. The van der Waals surface area contributed by atoms with Crippen molar-refractivity contribution in [3.8, 4) is 0 Å². The van der Waals surface area contributed by atoms with E-state index < -0.39 is 0 Å². The Labute approximate surface area is 167 Å². The molecule has 1 aromatic heterocycles. The van der Waals surface area contributed by atoms with Crippen molar-refractivity contribution in [2.75, 3.05) is 0 Å². The van der Waals surface area contributed by atoms with E-state index in [1.165, 1.54) is 5.56 Å². The smallest absolute Gasteiger partial charge is 0.243 e. The average molecular weight is 376 g/mol. The van der Waals surface area contributed by atoms with Crippen LogP contribution in [0.3, 0.4) is 0 Å². The lowest BCUT2D eigenvalue weighted by Gasteiger charge is -2.38. The van der Waals surface area contributed by atoms with Crippen LogP contribution < -0.4 is 0 Å². The summed E-state index contributed by atoms with van der Waals surface area (Å²) < 4.78 is 6.06. The van der Waals surface area contributed by atoms with Crippen LogP contribution in [0.5, 0.6) is 0 Å². The van der Waals surface area contributed by atoms with E-state index in [-0.39, 0.29) is 11.6 Å². The van der Waals surface area contributed by atoms with Crippen molar-refractivity contribution in [1.82, 2.24) is 15.1 Å². The second kappa shape index (κ2) is 8.53. The standard InChI is InChI=1S/C24H29N3O/c1-18(16-20-12-8-6-9-13-20)22-25-26-23(28-22)19(2)27(24(3,4)5)17-21-14-10-7-11-15-21/h6-16,19H,17H2,1-5H3/b18-16+. The lowest BCUT2D eigenvalue weighted by Crippen LogP contribution is -2.42. The molecule has 0 saturated carbocycles. The van der Waals surface area contributed by atoms with E-state index in [9.17, 15) is 0 Å². The van der Waals surface area contributed by atoms with Gasteiger partial charge in [0.15, 0.2) is 0 Å². The maximum atomic E-state index is 6.06. The maximum absolute atomic E-state index is 6.06. The quantitative estimate of drug-likeness (QED) is 0.530. The SMILES string of the molecule is C/C(=C\c1ccccc1)c1nnc(C(C)N(Cc2ccccc2)C(C)(C)C)o1. The molecule has 0 radical (unpaired) electrons. The van der Waals surface area contributed by atoms with Gasteiger partial charge in [-0.3, -0.25) is 4.90 Å². The molecule has 1 heterocycles. The molecule has 4 heteroatoms. The lowest BCUT2D eigenvalue weighted by molar-refractivity contribution is 0.0666. The molecule has 4 nitrogen and oxygen atoms in total. The minimum Gasteiger partial charge on any atom is -0.419 e. The number of allylic oxidation sites excluding steroid dienone is 1. The van der Waals surface area contributed by atoms with Gasteiger partial charge in [0.2, 0.25) is 11.8 Å². The monoisotopic (exact) mass is 375 g/mol. The number of rotatable bonds is 6. The topological polar surface area (TPSA) is 42.2 Å². The number of nitrogens with zero attached hydrogens (tertiary/aromatic N) is 3. The summed E-state index contributed by atoms with van der Waals surface area (Å²) in [7, 11) is 0. The van der Waals surface area contributed by atoms with Crippen molar-refractivity contribution in [1.29, 1.82) is 0 Å². The van der Waals surface area contributed by atoms with Gasteiger partial charge >= 0.3 is 0 Å². The zero-order valence-corrected chi connectivity index (χ0v) is 17.4. The Morgan fingerprint density at radius 2 is 1.61 bits per heavy atom. The number of hydrogen-bond donors (Lipinski definition) is 0. The van der Waals surface area contributed by atoms with E-state index in [1.807, 2.05) is 31.2 Å². The minimum atomic E-state index is -0.0428. The Hall–Kier alpha value is -2.72. The summed E-state index contributed by atoms with van der Waals surface area (Å²) in [6.07, 6.45) is 2.06. The number of hydrogen-bond acceptors (Lipinski definition) is 4. The molecular weight excluding hydrogens is 346 g/mol. The fraction of sp³-hybridized carbons (Fsp3) is 0.333. The van der Waals surface area contributed by atoms with Gasteiger partial charge in [-0.05, 0) is 51.8 Å². The minimum absolute atomic E-state index is 0.00554. The molecule has 1 atom stereocenters. The summed E-state index contributed by atoms with van der Waals surface area (Å²) >= 11 is 0. The van der Waals surface area contributed by atoms with Crippen LogP contribution in [0.15, 0.2) is 65.1 Å². The van der Waals surface area contributed by atoms with Crippen molar-refractivity contribution in [3.05, 3.63) is 83.6 Å². The number of benzene rings is 2. The molecule has 0 amide bonds. The molecule has 0 spiro atoms. The molecule has 0 fully saturated rings. The predicted octanol–water partition coefficient (Wildman–Crippen LogP) is 5.99. The summed E-state index contributed by atoms with van der Waals surface area (Å²) in [5, 5.41) is 8.65. The largest absolute Gasteiger partial charge is 0.419 e. The predicted molar refractivity (Wildman–Crippen MR) is 114 cm³/mol. The van der Waals surface area contributed by atoms with Crippen molar-refractivity contribution >= 4 is 11.6 Å². The van der Waals surface area contributed by atoms with E-state index >= 15 is 0 Å². The van der Waals surface area contributed by atoms with Crippen LogP contribution in [0.2, 0.25) is 0 Å². The fourth-order valence-electron chi connectivity index (χ4n) is 3.29. The first kappa shape index (κ1) is 20.0. The first-order chi connectivity index (χ1) is 13.3. The molecule has 0 bridgehead atoms. The van der Waals surface area contributed by atoms with E-state index in [0.29, 0.717) is 11.8 Å². The van der Waals surface area contributed by atoms with Gasteiger partial charge in [-0.25, -0.2) is 0 Å². The highest BCUT2D eigenvalue weighted by atomic mass is 16.4. The summed E-state index contributed by atoms with van der Waals surface area (Å²) in [6.45, 7) is 11.6. The first-order valence-corrected chi connectivity index (χ1v) is 9.72. The van der Waals surface area contributed by atoms with Crippen LogP contribution in [0.25, 0.3) is 11.6 Å². The highest BCUT2D eigenvalue weighted by Crippen LogP contribution is 2.30. The van der Waals surface area contributed by atoms with Crippen LogP contribution in [0, 0.1) is 0 Å². The molecule has 0 N–H and O–H groups in total. The molecule has 1 unspecified atom stereocenters.